The second kappa shape index (κ2) is 8.11. The first-order chi connectivity index (χ1) is 11.1. The standard InChI is InChI=1S/C17H21ClN2O3/c1-3-5-7-12-16(18)20-15-11(19-12)8-9-13(14(15)17(21)22)23-10-6-4-2/h8-9H,3-7,10H2,1-2H3,(H,21,22). The molecule has 0 fully saturated rings. The lowest BCUT2D eigenvalue weighted by molar-refractivity contribution is 0.0694. The summed E-state index contributed by atoms with van der Waals surface area (Å²) in [4.78, 5) is 20.4. The number of carbonyl (C=O) groups is 1. The van der Waals surface area contributed by atoms with E-state index < -0.39 is 5.97 Å². The smallest absolute Gasteiger partial charge is 0.341 e. The SMILES string of the molecule is CCCCOc1ccc2nc(CCCC)c(Cl)nc2c1C(=O)O. The minimum Gasteiger partial charge on any atom is -0.493 e. The summed E-state index contributed by atoms with van der Waals surface area (Å²) in [6, 6.07) is 3.38. The topological polar surface area (TPSA) is 72.3 Å². The zero-order valence-electron chi connectivity index (χ0n) is 13.4. The van der Waals surface area contributed by atoms with Gasteiger partial charge in [-0.3, -0.25) is 0 Å². The van der Waals surface area contributed by atoms with Crippen molar-refractivity contribution in [1.82, 2.24) is 9.97 Å². The van der Waals surface area contributed by atoms with E-state index in [1.54, 1.807) is 12.1 Å². The lowest BCUT2D eigenvalue weighted by Crippen LogP contribution is -2.07. The van der Waals surface area contributed by atoms with Gasteiger partial charge in [0, 0.05) is 0 Å². The molecule has 0 unspecified atom stereocenters. The first-order valence-corrected chi connectivity index (χ1v) is 8.31. The van der Waals surface area contributed by atoms with E-state index >= 15 is 0 Å². The highest BCUT2D eigenvalue weighted by atomic mass is 35.5. The van der Waals surface area contributed by atoms with Crippen molar-refractivity contribution >= 4 is 28.6 Å². The monoisotopic (exact) mass is 336 g/mol. The van der Waals surface area contributed by atoms with E-state index in [-0.39, 0.29) is 16.2 Å². The fraction of sp³-hybridized carbons (Fsp3) is 0.471. The van der Waals surface area contributed by atoms with Crippen LogP contribution in [-0.4, -0.2) is 27.7 Å². The molecule has 0 aliphatic carbocycles. The Hall–Kier alpha value is -1.88. The molecule has 2 rings (SSSR count). The molecular weight excluding hydrogens is 316 g/mol. The number of aromatic nitrogens is 2. The van der Waals surface area contributed by atoms with Crippen LogP contribution in [0.25, 0.3) is 11.0 Å². The predicted octanol–water partition coefficient (Wildman–Crippen LogP) is 4.50. The maximum Gasteiger partial charge on any atom is 0.341 e. The van der Waals surface area contributed by atoms with Crippen molar-refractivity contribution in [2.24, 2.45) is 0 Å². The number of unbranched alkanes of at least 4 members (excludes halogenated alkanes) is 2. The van der Waals surface area contributed by atoms with Crippen molar-refractivity contribution in [2.45, 2.75) is 46.0 Å². The number of aryl methyl sites for hydroxylation is 1. The van der Waals surface area contributed by atoms with Crippen LogP contribution in [0.3, 0.4) is 0 Å². The minimum absolute atomic E-state index is 0.0232. The van der Waals surface area contributed by atoms with Gasteiger partial charge in [-0.1, -0.05) is 38.3 Å². The van der Waals surface area contributed by atoms with Gasteiger partial charge in [-0.2, -0.15) is 0 Å². The number of fused-ring (bicyclic) bond motifs is 1. The van der Waals surface area contributed by atoms with Crippen molar-refractivity contribution in [3.63, 3.8) is 0 Å². The Morgan fingerprint density at radius 1 is 1.22 bits per heavy atom. The summed E-state index contributed by atoms with van der Waals surface area (Å²) in [6.07, 6.45) is 4.56. The molecule has 0 aliphatic heterocycles. The lowest BCUT2D eigenvalue weighted by atomic mass is 10.1. The Balaban J connectivity index is 2.48. The van der Waals surface area contributed by atoms with Crippen LogP contribution in [0.15, 0.2) is 12.1 Å². The van der Waals surface area contributed by atoms with Crippen molar-refractivity contribution in [3.8, 4) is 5.75 Å². The number of halogens is 1. The highest BCUT2D eigenvalue weighted by Crippen LogP contribution is 2.28. The summed E-state index contributed by atoms with van der Waals surface area (Å²) in [7, 11) is 0. The molecule has 0 amide bonds. The number of ether oxygens (including phenoxy) is 1. The Morgan fingerprint density at radius 3 is 2.61 bits per heavy atom. The number of carboxylic acids is 1. The Morgan fingerprint density at radius 2 is 1.96 bits per heavy atom. The number of hydrogen-bond acceptors (Lipinski definition) is 4. The van der Waals surface area contributed by atoms with Gasteiger partial charge >= 0.3 is 5.97 Å². The highest BCUT2D eigenvalue weighted by molar-refractivity contribution is 6.30. The van der Waals surface area contributed by atoms with Gasteiger partial charge in [0.05, 0.1) is 17.8 Å². The fourth-order valence-corrected chi connectivity index (χ4v) is 2.50. The average Bonchev–Trinajstić information content (AvgIpc) is 2.52. The summed E-state index contributed by atoms with van der Waals surface area (Å²) in [6.45, 7) is 4.60. The quantitative estimate of drug-likeness (QED) is 0.718. The second-order valence-corrected chi connectivity index (χ2v) is 5.74. The van der Waals surface area contributed by atoms with Gasteiger partial charge in [-0.05, 0) is 31.4 Å². The molecule has 5 nitrogen and oxygen atoms in total. The summed E-state index contributed by atoms with van der Waals surface area (Å²) in [5, 5.41) is 9.79. The van der Waals surface area contributed by atoms with Crippen LogP contribution in [0.5, 0.6) is 5.75 Å². The van der Waals surface area contributed by atoms with E-state index in [9.17, 15) is 9.90 Å². The Kier molecular flexibility index (Phi) is 6.16. The van der Waals surface area contributed by atoms with Crippen molar-refractivity contribution < 1.29 is 14.6 Å². The molecule has 1 aromatic heterocycles. The molecule has 124 valence electrons. The van der Waals surface area contributed by atoms with Gasteiger partial charge in [0.2, 0.25) is 0 Å². The number of aromatic carboxylic acids is 1. The zero-order valence-corrected chi connectivity index (χ0v) is 14.2. The molecule has 0 aliphatic rings. The van der Waals surface area contributed by atoms with Gasteiger partial charge in [0.1, 0.15) is 16.8 Å². The molecule has 0 saturated heterocycles. The van der Waals surface area contributed by atoms with Gasteiger partial charge in [-0.25, -0.2) is 14.8 Å². The minimum atomic E-state index is -1.09. The van der Waals surface area contributed by atoms with Crippen molar-refractivity contribution in [2.75, 3.05) is 6.61 Å². The molecule has 23 heavy (non-hydrogen) atoms. The third-order valence-corrected chi connectivity index (χ3v) is 3.86. The Labute approximate surface area is 140 Å². The summed E-state index contributed by atoms with van der Waals surface area (Å²) in [5.41, 5.74) is 1.53. The van der Waals surface area contributed by atoms with E-state index in [2.05, 4.69) is 16.9 Å². The second-order valence-electron chi connectivity index (χ2n) is 5.38. The summed E-state index contributed by atoms with van der Waals surface area (Å²) >= 11 is 6.19. The molecule has 0 radical (unpaired) electrons. The molecule has 1 N–H and O–H groups in total. The van der Waals surface area contributed by atoms with Crippen LogP contribution in [0, 0.1) is 0 Å². The van der Waals surface area contributed by atoms with Crippen LogP contribution < -0.4 is 4.74 Å². The highest BCUT2D eigenvalue weighted by Gasteiger charge is 2.19. The lowest BCUT2D eigenvalue weighted by Gasteiger charge is -2.12. The molecule has 1 aromatic carbocycles. The third-order valence-electron chi connectivity index (χ3n) is 3.56. The molecule has 6 heteroatoms. The van der Waals surface area contributed by atoms with E-state index in [4.69, 9.17) is 16.3 Å². The molecule has 2 aromatic rings. The predicted molar refractivity (Wildman–Crippen MR) is 90.5 cm³/mol. The van der Waals surface area contributed by atoms with Crippen LogP contribution in [-0.2, 0) is 6.42 Å². The fourth-order valence-electron chi connectivity index (χ4n) is 2.28. The van der Waals surface area contributed by atoms with Crippen molar-refractivity contribution in [3.05, 3.63) is 28.5 Å². The Bertz CT molecular complexity index is 704. The normalized spacial score (nSPS) is 10.9. The van der Waals surface area contributed by atoms with Gasteiger partial charge in [-0.15, -0.1) is 0 Å². The van der Waals surface area contributed by atoms with E-state index in [1.165, 1.54) is 0 Å². The molecule has 1 heterocycles. The summed E-state index contributed by atoms with van der Waals surface area (Å²) in [5.74, 6) is -0.779. The summed E-state index contributed by atoms with van der Waals surface area (Å²) < 4.78 is 5.59. The van der Waals surface area contributed by atoms with Gasteiger partial charge in [0.25, 0.3) is 0 Å². The van der Waals surface area contributed by atoms with Crippen LogP contribution in [0.1, 0.15) is 55.6 Å². The first kappa shape index (κ1) is 17.5. The maximum atomic E-state index is 11.6. The van der Waals surface area contributed by atoms with Crippen molar-refractivity contribution in [1.29, 1.82) is 0 Å². The molecule has 0 saturated carbocycles. The number of carboxylic acid groups (broad SMARTS) is 1. The molecule has 0 spiro atoms. The number of benzene rings is 1. The zero-order chi connectivity index (χ0) is 16.8. The van der Waals surface area contributed by atoms with Crippen LogP contribution in [0.2, 0.25) is 5.15 Å². The third kappa shape index (κ3) is 4.10. The van der Waals surface area contributed by atoms with E-state index in [1.807, 2.05) is 6.92 Å². The molecular formula is C17H21ClN2O3. The average molecular weight is 337 g/mol. The number of nitrogens with zero attached hydrogens (tertiary/aromatic N) is 2. The van der Waals surface area contributed by atoms with Crippen LogP contribution in [0.4, 0.5) is 0 Å². The van der Waals surface area contributed by atoms with Crippen LogP contribution >= 0.6 is 11.6 Å². The largest absolute Gasteiger partial charge is 0.493 e. The molecule has 0 bridgehead atoms. The van der Waals surface area contributed by atoms with Gasteiger partial charge in [0.15, 0.2) is 5.15 Å². The van der Waals surface area contributed by atoms with Gasteiger partial charge < -0.3 is 9.84 Å². The maximum absolute atomic E-state index is 11.6. The van der Waals surface area contributed by atoms with E-state index in [0.29, 0.717) is 23.6 Å². The number of rotatable bonds is 8. The number of hydrogen-bond donors (Lipinski definition) is 1. The van der Waals surface area contributed by atoms with E-state index in [0.717, 1.165) is 32.1 Å². The first-order valence-electron chi connectivity index (χ1n) is 7.93. The molecule has 0 atom stereocenters.